The summed E-state index contributed by atoms with van der Waals surface area (Å²) in [5.41, 5.74) is 0. The molecule has 16 heavy (non-hydrogen) atoms. The Morgan fingerprint density at radius 3 is 2.31 bits per heavy atom. The second-order valence-corrected chi connectivity index (χ2v) is 4.32. The molecule has 96 valence electrons. The average Bonchev–Trinajstić information content (AvgIpc) is 2.22. The first kappa shape index (κ1) is 15.6. The zero-order valence-electron chi connectivity index (χ0n) is 10.8. The number of ether oxygens (including phenoxy) is 2. The molecule has 0 rings (SSSR count). The van der Waals surface area contributed by atoms with Crippen LogP contribution in [0.2, 0.25) is 0 Å². The van der Waals surface area contributed by atoms with Gasteiger partial charge in [0.05, 0.1) is 6.61 Å². The number of thiocarbonyl (C=S) groups is 1. The van der Waals surface area contributed by atoms with Gasteiger partial charge in [0.2, 0.25) is 0 Å². The summed E-state index contributed by atoms with van der Waals surface area (Å²) in [7, 11) is 3.41. The summed E-state index contributed by atoms with van der Waals surface area (Å²) in [6.07, 6.45) is 0.972. The van der Waals surface area contributed by atoms with Crippen LogP contribution in [-0.4, -0.2) is 56.6 Å². The second kappa shape index (κ2) is 9.81. The molecule has 4 nitrogen and oxygen atoms in total. The van der Waals surface area contributed by atoms with Crippen LogP contribution in [0.4, 0.5) is 0 Å². The lowest BCUT2D eigenvalue weighted by Gasteiger charge is -2.26. The van der Waals surface area contributed by atoms with Gasteiger partial charge in [0.1, 0.15) is 0 Å². The first-order valence-corrected chi connectivity index (χ1v) is 6.06. The van der Waals surface area contributed by atoms with E-state index in [-0.39, 0.29) is 0 Å². The summed E-state index contributed by atoms with van der Waals surface area (Å²) in [6, 6.07) is 0.361. The zero-order chi connectivity index (χ0) is 12.4. The Bertz CT molecular complexity index is 189. The van der Waals surface area contributed by atoms with Crippen molar-refractivity contribution in [3.05, 3.63) is 0 Å². The molecule has 5 heteroatoms. The van der Waals surface area contributed by atoms with Crippen LogP contribution in [-0.2, 0) is 9.47 Å². The normalized spacial score (nSPS) is 10.6. The molecule has 0 aliphatic carbocycles. The molecule has 0 aromatic carbocycles. The molecule has 0 atom stereocenters. The highest BCUT2D eigenvalue weighted by Crippen LogP contribution is 1.95. The van der Waals surface area contributed by atoms with Crippen LogP contribution in [0.3, 0.4) is 0 Å². The third-order valence-electron chi connectivity index (χ3n) is 2.04. The summed E-state index contributed by atoms with van der Waals surface area (Å²) in [5.74, 6) is 0. The van der Waals surface area contributed by atoms with E-state index in [0.717, 1.165) is 31.2 Å². The van der Waals surface area contributed by atoms with Gasteiger partial charge in [-0.2, -0.15) is 0 Å². The largest absolute Gasteiger partial charge is 0.385 e. The third kappa shape index (κ3) is 7.84. The molecule has 0 aromatic heterocycles. The maximum Gasteiger partial charge on any atom is 0.169 e. The van der Waals surface area contributed by atoms with E-state index in [9.17, 15) is 0 Å². The Morgan fingerprint density at radius 1 is 1.19 bits per heavy atom. The Kier molecular flexibility index (Phi) is 9.57. The van der Waals surface area contributed by atoms with Crippen LogP contribution < -0.4 is 5.32 Å². The fourth-order valence-corrected chi connectivity index (χ4v) is 1.67. The van der Waals surface area contributed by atoms with E-state index in [1.165, 1.54) is 0 Å². The smallest absolute Gasteiger partial charge is 0.169 e. The number of hydrogen-bond acceptors (Lipinski definition) is 3. The molecule has 0 amide bonds. The fourth-order valence-electron chi connectivity index (χ4n) is 1.25. The van der Waals surface area contributed by atoms with E-state index >= 15 is 0 Å². The molecular formula is C11H24N2O2S. The zero-order valence-corrected chi connectivity index (χ0v) is 11.6. The topological polar surface area (TPSA) is 33.7 Å². The van der Waals surface area contributed by atoms with Crippen LogP contribution >= 0.6 is 12.2 Å². The highest BCUT2D eigenvalue weighted by Gasteiger charge is 2.09. The minimum absolute atomic E-state index is 0.361. The van der Waals surface area contributed by atoms with Gasteiger partial charge in [-0.3, -0.25) is 0 Å². The van der Waals surface area contributed by atoms with Crippen molar-refractivity contribution in [1.29, 1.82) is 0 Å². The maximum absolute atomic E-state index is 5.33. The number of methoxy groups -OCH3 is 2. The molecule has 0 spiro atoms. The van der Waals surface area contributed by atoms with E-state index in [4.69, 9.17) is 21.7 Å². The van der Waals surface area contributed by atoms with E-state index in [2.05, 4.69) is 24.1 Å². The van der Waals surface area contributed by atoms with E-state index in [1.807, 2.05) is 0 Å². The lowest BCUT2D eigenvalue weighted by molar-refractivity contribution is 0.160. The van der Waals surface area contributed by atoms with Gasteiger partial charge in [-0.05, 0) is 32.5 Å². The van der Waals surface area contributed by atoms with Gasteiger partial charge < -0.3 is 19.7 Å². The van der Waals surface area contributed by atoms with Crippen LogP contribution in [0.5, 0.6) is 0 Å². The Balaban J connectivity index is 4.01. The SMILES string of the molecule is COCCCN(CCOC)C(=S)NC(C)C. The minimum Gasteiger partial charge on any atom is -0.385 e. The molecular weight excluding hydrogens is 224 g/mol. The molecule has 1 N–H and O–H groups in total. The summed E-state index contributed by atoms with van der Waals surface area (Å²) in [4.78, 5) is 2.12. The van der Waals surface area contributed by atoms with Gasteiger partial charge in [-0.1, -0.05) is 0 Å². The van der Waals surface area contributed by atoms with Crippen LogP contribution in [0, 0.1) is 0 Å². The van der Waals surface area contributed by atoms with Crippen molar-refractivity contribution in [2.45, 2.75) is 26.3 Å². The van der Waals surface area contributed by atoms with E-state index < -0.39 is 0 Å². The summed E-state index contributed by atoms with van der Waals surface area (Å²) in [6.45, 7) is 7.32. The number of nitrogens with one attached hydrogen (secondary N) is 1. The molecule has 0 bridgehead atoms. The third-order valence-corrected chi connectivity index (χ3v) is 2.42. The first-order chi connectivity index (χ1) is 7.61. The predicted octanol–water partition coefficient (Wildman–Crippen LogP) is 1.25. The Labute approximate surface area is 104 Å². The highest BCUT2D eigenvalue weighted by molar-refractivity contribution is 7.80. The second-order valence-electron chi connectivity index (χ2n) is 3.93. The highest BCUT2D eigenvalue weighted by atomic mass is 32.1. The number of hydrogen-bond donors (Lipinski definition) is 1. The van der Waals surface area contributed by atoms with Gasteiger partial charge in [-0.25, -0.2) is 0 Å². The van der Waals surface area contributed by atoms with Gasteiger partial charge >= 0.3 is 0 Å². The fraction of sp³-hybridized carbons (Fsp3) is 0.909. The van der Waals surface area contributed by atoms with E-state index in [0.29, 0.717) is 12.6 Å². The lowest BCUT2D eigenvalue weighted by Crippen LogP contribution is -2.44. The van der Waals surface area contributed by atoms with Crippen molar-refractivity contribution in [3.63, 3.8) is 0 Å². The van der Waals surface area contributed by atoms with Crippen molar-refractivity contribution in [1.82, 2.24) is 10.2 Å². The van der Waals surface area contributed by atoms with Gasteiger partial charge in [-0.15, -0.1) is 0 Å². The van der Waals surface area contributed by atoms with Gasteiger partial charge in [0.25, 0.3) is 0 Å². The van der Waals surface area contributed by atoms with Crippen LogP contribution in [0.1, 0.15) is 20.3 Å². The molecule has 0 aliphatic rings. The van der Waals surface area contributed by atoms with Gasteiger partial charge in [0, 0.05) is 40.0 Å². The maximum atomic E-state index is 5.33. The monoisotopic (exact) mass is 248 g/mol. The summed E-state index contributed by atoms with van der Waals surface area (Å²) >= 11 is 5.33. The molecule has 0 unspecified atom stereocenters. The van der Waals surface area contributed by atoms with Crippen molar-refractivity contribution < 1.29 is 9.47 Å². The molecule has 0 radical (unpaired) electrons. The number of nitrogens with zero attached hydrogens (tertiary/aromatic N) is 1. The molecule has 0 aromatic rings. The van der Waals surface area contributed by atoms with Crippen molar-refractivity contribution in [2.24, 2.45) is 0 Å². The van der Waals surface area contributed by atoms with Gasteiger partial charge in [0.15, 0.2) is 5.11 Å². The lowest BCUT2D eigenvalue weighted by atomic mass is 10.4. The quantitative estimate of drug-likeness (QED) is 0.516. The molecule has 0 fully saturated rings. The Morgan fingerprint density at radius 2 is 1.81 bits per heavy atom. The average molecular weight is 248 g/mol. The molecule has 0 heterocycles. The van der Waals surface area contributed by atoms with Crippen LogP contribution in [0.25, 0.3) is 0 Å². The number of rotatable bonds is 8. The molecule has 0 aliphatic heterocycles. The standard InChI is InChI=1S/C11H24N2O2S/c1-10(2)12-11(16)13(7-9-15-4)6-5-8-14-3/h10H,5-9H2,1-4H3,(H,12,16). The summed E-state index contributed by atoms with van der Waals surface area (Å²) < 4.78 is 10.1. The predicted molar refractivity (Wildman–Crippen MR) is 70.8 cm³/mol. The van der Waals surface area contributed by atoms with Crippen molar-refractivity contribution in [3.8, 4) is 0 Å². The van der Waals surface area contributed by atoms with Crippen molar-refractivity contribution in [2.75, 3.05) is 40.5 Å². The summed E-state index contributed by atoms with van der Waals surface area (Å²) in [5, 5.41) is 4.03. The molecule has 0 saturated heterocycles. The van der Waals surface area contributed by atoms with E-state index in [1.54, 1.807) is 14.2 Å². The first-order valence-electron chi connectivity index (χ1n) is 5.65. The van der Waals surface area contributed by atoms with Crippen LogP contribution in [0.15, 0.2) is 0 Å². The van der Waals surface area contributed by atoms with Crippen molar-refractivity contribution >= 4 is 17.3 Å². The minimum atomic E-state index is 0.361. The molecule has 0 saturated carbocycles. The Hall–Kier alpha value is -0.390.